The lowest BCUT2D eigenvalue weighted by molar-refractivity contribution is 0.412. The Bertz CT molecular complexity index is 1040. The van der Waals surface area contributed by atoms with E-state index in [2.05, 4.69) is 25.3 Å². The number of hydrogen-bond donors (Lipinski definition) is 1. The Morgan fingerprint density at radius 1 is 1.12 bits per heavy atom. The minimum absolute atomic E-state index is 0.0320. The van der Waals surface area contributed by atoms with Crippen molar-refractivity contribution >= 4 is 21.5 Å². The number of pyridine rings is 1. The molecule has 10 heteroatoms. The van der Waals surface area contributed by atoms with Gasteiger partial charge < -0.3 is 10.1 Å². The van der Waals surface area contributed by atoms with Crippen LogP contribution in [0.15, 0.2) is 47.9 Å². The summed E-state index contributed by atoms with van der Waals surface area (Å²) in [6, 6.07) is 6.95. The van der Waals surface area contributed by atoms with Crippen molar-refractivity contribution in [2.24, 2.45) is 0 Å². The highest BCUT2D eigenvalue weighted by Crippen LogP contribution is 2.28. The van der Waals surface area contributed by atoms with Crippen molar-refractivity contribution in [2.75, 3.05) is 18.7 Å². The van der Waals surface area contributed by atoms with Gasteiger partial charge in [0.25, 0.3) is 0 Å². The van der Waals surface area contributed by atoms with Crippen molar-refractivity contribution in [2.45, 2.75) is 5.03 Å². The molecule has 0 aliphatic carbocycles. The van der Waals surface area contributed by atoms with Crippen molar-refractivity contribution < 1.29 is 17.5 Å². The maximum absolute atomic E-state index is 13.3. The normalized spacial score (nSPS) is 11.2. The first-order valence-corrected chi connectivity index (χ1v) is 9.22. The van der Waals surface area contributed by atoms with Crippen molar-refractivity contribution in [3.63, 3.8) is 0 Å². The summed E-state index contributed by atoms with van der Waals surface area (Å²) in [6.45, 7) is 0. The standard InChI is InChI=1S/C16H14FN5O3S/c1-25-13-7-10(17)3-5-12(13)15-19-9-20-16(22-15)21-11-4-6-14(18-8-11)26(2,23)24/h3-9H,1-2H3,(H,19,20,21,22). The molecule has 0 saturated carbocycles. The first-order valence-electron chi connectivity index (χ1n) is 7.33. The molecule has 0 fully saturated rings. The summed E-state index contributed by atoms with van der Waals surface area (Å²) in [5.41, 5.74) is 1.01. The van der Waals surface area contributed by atoms with Gasteiger partial charge in [0.05, 0.1) is 24.6 Å². The van der Waals surface area contributed by atoms with E-state index in [-0.39, 0.29) is 11.0 Å². The van der Waals surface area contributed by atoms with Crippen LogP contribution >= 0.6 is 0 Å². The average Bonchev–Trinajstić information content (AvgIpc) is 2.61. The smallest absolute Gasteiger partial charge is 0.230 e. The van der Waals surface area contributed by atoms with E-state index in [1.165, 1.54) is 43.9 Å². The molecule has 3 aromatic rings. The van der Waals surface area contributed by atoms with E-state index in [4.69, 9.17) is 4.74 Å². The van der Waals surface area contributed by atoms with E-state index in [0.717, 1.165) is 6.26 Å². The SMILES string of the molecule is COc1cc(F)ccc1-c1ncnc(Nc2ccc(S(C)(=O)=O)nc2)n1. The van der Waals surface area contributed by atoms with Gasteiger partial charge in [-0.1, -0.05) is 0 Å². The molecule has 0 saturated heterocycles. The summed E-state index contributed by atoms with van der Waals surface area (Å²) in [5.74, 6) is 0.367. The van der Waals surface area contributed by atoms with Crippen LogP contribution < -0.4 is 10.1 Å². The zero-order chi connectivity index (χ0) is 18.7. The van der Waals surface area contributed by atoms with Crippen molar-refractivity contribution in [3.05, 3.63) is 48.7 Å². The number of halogens is 1. The molecule has 0 amide bonds. The van der Waals surface area contributed by atoms with Crippen LogP contribution in [-0.2, 0) is 9.84 Å². The Balaban J connectivity index is 1.88. The lowest BCUT2D eigenvalue weighted by Crippen LogP contribution is -2.03. The van der Waals surface area contributed by atoms with Gasteiger partial charge in [0.1, 0.15) is 17.9 Å². The molecule has 1 N–H and O–H groups in total. The number of rotatable bonds is 5. The topological polar surface area (TPSA) is 107 Å². The van der Waals surface area contributed by atoms with Gasteiger partial charge in [-0.3, -0.25) is 0 Å². The highest BCUT2D eigenvalue weighted by atomic mass is 32.2. The van der Waals surface area contributed by atoms with Crippen LogP contribution in [0.5, 0.6) is 5.75 Å². The van der Waals surface area contributed by atoms with Gasteiger partial charge in [-0.15, -0.1) is 0 Å². The second-order valence-corrected chi connectivity index (χ2v) is 7.22. The predicted octanol–water partition coefficient (Wildman–Crippen LogP) is 2.23. The zero-order valence-electron chi connectivity index (χ0n) is 13.8. The summed E-state index contributed by atoms with van der Waals surface area (Å²) in [6.07, 6.45) is 3.74. The Morgan fingerprint density at radius 3 is 2.58 bits per heavy atom. The first kappa shape index (κ1) is 17.7. The first-order chi connectivity index (χ1) is 12.4. The minimum atomic E-state index is -3.37. The third-order valence-corrected chi connectivity index (χ3v) is 4.35. The van der Waals surface area contributed by atoms with E-state index in [9.17, 15) is 12.8 Å². The molecule has 1 aromatic carbocycles. The van der Waals surface area contributed by atoms with Crippen LogP contribution in [0.1, 0.15) is 0 Å². The van der Waals surface area contributed by atoms with Crippen LogP contribution in [0, 0.1) is 5.82 Å². The van der Waals surface area contributed by atoms with E-state index in [1.54, 1.807) is 6.07 Å². The summed E-state index contributed by atoms with van der Waals surface area (Å²) in [7, 11) is -1.95. The fourth-order valence-electron chi connectivity index (χ4n) is 2.14. The molecule has 134 valence electrons. The number of sulfone groups is 1. The summed E-state index contributed by atoms with van der Waals surface area (Å²) >= 11 is 0. The molecular formula is C16H14FN5O3S. The molecule has 0 unspecified atom stereocenters. The number of hydrogen-bond acceptors (Lipinski definition) is 8. The van der Waals surface area contributed by atoms with Gasteiger partial charge >= 0.3 is 0 Å². The number of benzene rings is 1. The fraction of sp³-hybridized carbons (Fsp3) is 0.125. The Labute approximate surface area is 149 Å². The largest absolute Gasteiger partial charge is 0.496 e. The lowest BCUT2D eigenvalue weighted by Gasteiger charge is -2.09. The number of aromatic nitrogens is 4. The summed E-state index contributed by atoms with van der Waals surface area (Å²) < 4.78 is 41.4. The second-order valence-electron chi connectivity index (χ2n) is 5.26. The van der Waals surface area contributed by atoms with Crippen LogP contribution in [-0.4, -0.2) is 41.7 Å². The molecule has 0 spiro atoms. The number of ether oxygens (including phenoxy) is 1. The van der Waals surface area contributed by atoms with Gasteiger partial charge in [0, 0.05) is 12.3 Å². The molecule has 0 bridgehead atoms. The molecule has 2 aromatic heterocycles. The van der Waals surface area contributed by atoms with E-state index in [0.29, 0.717) is 22.8 Å². The summed E-state index contributed by atoms with van der Waals surface area (Å²) in [5, 5.41) is 2.88. The molecule has 0 atom stereocenters. The van der Waals surface area contributed by atoms with E-state index in [1.807, 2.05) is 0 Å². The van der Waals surface area contributed by atoms with E-state index < -0.39 is 15.7 Å². The van der Waals surface area contributed by atoms with Gasteiger partial charge in [0.15, 0.2) is 20.7 Å². The molecule has 0 radical (unpaired) electrons. The van der Waals surface area contributed by atoms with Gasteiger partial charge in [0.2, 0.25) is 5.95 Å². The number of nitrogens with zero attached hydrogens (tertiary/aromatic N) is 4. The van der Waals surface area contributed by atoms with Gasteiger partial charge in [-0.25, -0.2) is 27.8 Å². The van der Waals surface area contributed by atoms with Crippen LogP contribution in [0.2, 0.25) is 0 Å². The predicted molar refractivity (Wildman–Crippen MR) is 92.4 cm³/mol. The van der Waals surface area contributed by atoms with Crippen LogP contribution in [0.3, 0.4) is 0 Å². The molecular weight excluding hydrogens is 361 g/mol. The quantitative estimate of drug-likeness (QED) is 0.723. The monoisotopic (exact) mass is 375 g/mol. The Morgan fingerprint density at radius 2 is 1.92 bits per heavy atom. The van der Waals surface area contributed by atoms with Crippen LogP contribution in [0.25, 0.3) is 11.4 Å². The fourth-order valence-corrected chi connectivity index (χ4v) is 2.70. The number of nitrogens with one attached hydrogen (secondary N) is 1. The summed E-state index contributed by atoms with van der Waals surface area (Å²) in [4.78, 5) is 16.2. The molecule has 0 aliphatic rings. The van der Waals surface area contributed by atoms with Crippen molar-refractivity contribution in [1.82, 2.24) is 19.9 Å². The second kappa shape index (κ2) is 7.00. The third-order valence-electron chi connectivity index (χ3n) is 3.35. The molecule has 3 rings (SSSR count). The Kier molecular flexibility index (Phi) is 4.76. The van der Waals surface area contributed by atoms with Crippen molar-refractivity contribution in [1.29, 1.82) is 0 Å². The molecule has 26 heavy (non-hydrogen) atoms. The zero-order valence-corrected chi connectivity index (χ0v) is 14.7. The molecule has 0 aliphatic heterocycles. The molecule has 2 heterocycles. The maximum atomic E-state index is 13.3. The number of anilines is 2. The molecule has 8 nitrogen and oxygen atoms in total. The minimum Gasteiger partial charge on any atom is -0.496 e. The van der Waals surface area contributed by atoms with Crippen molar-refractivity contribution in [3.8, 4) is 17.1 Å². The third kappa shape index (κ3) is 3.91. The maximum Gasteiger partial charge on any atom is 0.230 e. The van der Waals surface area contributed by atoms with Gasteiger partial charge in [-0.05, 0) is 24.3 Å². The van der Waals surface area contributed by atoms with Gasteiger partial charge in [-0.2, -0.15) is 4.98 Å². The lowest BCUT2D eigenvalue weighted by atomic mass is 10.2. The van der Waals surface area contributed by atoms with Crippen LogP contribution in [0.4, 0.5) is 16.0 Å². The van der Waals surface area contributed by atoms with E-state index >= 15 is 0 Å². The Hall–Kier alpha value is -3.14. The highest BCUT2D eigenvalue weighted by molar-refractivity contribution is 7.90. The highest BCUT2D eigenvalue weighted by Gasteiger charge is 2.12. The number of methoxy groups -OCH3 is 1. The average molecular weight is 375 g/mol.